The molecule has 1 aromatic carbocycles. The molecule has 3 fully saturated rings. The molecule has 1 heterocycles. The van der Waals surface area contributed by atoms with Gasteiger partial charge in [0, 0.05) is 23.4 Å². The van der Waals surface area contributed by atoms with Crippen molar-refractivity contribution in [2.24, 2.45) is 17.8 Å². The zero-order valence-electron chi connectivity index (χ0n) is 28.1. The number of carbonyl (C=O) groups is 4. The zero-order chi connectivity index (χ0) is 35.4. The Balaban J connectivity index is 1.62. The van der Waals surface area contributed by atoms with Crippen LogP contribution in [0, 0.1) is 17.8 Å². The summed E-state index contributed by atoms with van der Waals surface area (Å²) in [5.41, 5.74) is -2.16. The Kier molecular flexibility index (Phi) is 11.8. The zero-order valence-corrected chi connectivity index (χ0v) is 30.5. The summed E-state index contributed by atoms with van der Waals surface area (Å²) in [6.07, 6.45) is 7.19. The van der Waals surface area contributed by atoms with Crippen LogP contribution in [-0.2, 0) is 38.2 Å². The number of amides is 3. The molecule has 4 rings (SSSR count). The van der Waals surface area contributed by atoms with Crippen molar-refractivity contribution >= 4 is 49.9 Å². The maximum Gasteiger partial charge on any atom is 0.408 e. The monoisotopic (exact) mass is 751 g/mol. The molecule has 0 bridgehead atoms. The van der Waals surface area contributed by atoms with Crippen molar-refractivity contribution in [2.75, 3.05) is 13.7 Å². The summed E-state index contributed by atoms with van der Waals surface area (Å²) in [7, 11) is -3.06. The molecule has 1 saturated heterocycles. The fourth-order valence-electron chi connectivity index (χ4n) is 6.25. The second-order valence-electron chi connectivity index (χ2n) is 13.6. The number of carbonyl (C=O) groups excluding carboxylic acids is 4. The maximum atomic E-state index is 14.4. The molecule has 14 heteroatoms. The molecule has 2 N–H and O–H groups in total. The van der Waals surface area contributed by atoms with Gasteiger partial charge < -0.3 is 25.0 Å². The van der Waals surface area contributed by atoms with Gasteiger partial charge in [-0.2, -0.15) is 8.42 Å². The van der Waals surface area contributed by atoms with Gasteiger partial charge in [-0.1, -0.05) is 41.1 Å². The first-order valence-electron chi connectivity index (χ1n) is 16.2. The van der Waals surface area contributed by atoms with E-state index in [0.717, 1.165) is 19.3 Å². The smallest absolute Gasteiger partial charge is 0.408 e. The number of allylic oxidation sites excluding steroid dienone is 2. The Bertz CT molecular complexity index is 1520. The molecule has 7 atom stereocenters. The van der Waals surface area contributed by atoms with Crippen molar-refractivity contribution in [3.8, 4) is 0 Å². The number of esters is 1. The number of likely N-dealkylation sites (tertiary alicyclic amines) is 1. The molecular formula is C34H46BrN3O9S. The van der Waals surface area contributed by atoms with Gasteiger partial charge in [0.1, 0.15) is 23.2 Å². The summed E-state index contributed by atoms with van der Waals surface area (Å²) in [6.45, 7) is 10.7. The van der Waals surface area contributed by atoms with E-state index in [2.05, 4.69) is 45.3 Å². The van der Waals surface area contributed by atoms with E-state index in [9.17, 15) is 27.6 Å². The van der Waals surface area contributed by atoms with Crippen LogP contribution in [0.3, 0.4) is 0 Å². The first kappa shape index (κ1) is 37.6. The predicted molar refractivity (Wildman–Crippen MR) is 181 cm³/mol. The molecule has 0 aromatic heterocycles. The average Bonchev–Trinajstić information content (AvgIpc) is 3.90. The number of nitrogens with one attached hydrogen (secondary N) is 2. The number of hydrogen-bond acceptors (Lipinski definition) is 9. The van der Waals surface area contributed by atoms with Crippen LogP contribution in [0.2, 0.25) is 0 Å². The highest BCUT2D eigenvalue weighted by Crippen LogP contribution is 2.47. The summed E-state index contributed by atoms with van der Waals surface area (Å²) >= 11 is 3.28. The number of nitrogens with zero attached hydrogens (tertiary/aromatic N) is 1. The van der Waals surface area contributed by atoms with E-state index in [0.29, 0.717) is 10.9 Å². The van der Waals surface area contributed by atoms with E-state index in [1.54, 1.807) is 39.0 Å². The number of hydrogen-bond donors (Lipinski definition) is 2. The second-order valence-corrected chi connectivity index (χ2v) is 16.1. The lowest BCUT2D eigenvalue weighted by Crippen LogP contribution is -2.57. The van der Waals surface area contributed by atoms with Gasteiger partial charge in [0.25, 0.3) is 10.1 Å². The third-order valence-corrected chi connectivity index (χ3v) is 10.8. The Hall–Kier alpha value is -3.23. The van der Waals surface area contributed by atoms with E-state index < -0.39 is 63.3 Å². The summed E-state index contributed by atoms with van der Waals surface area (Å²) in [6, 6.07) is 3.65. The van der Waals surface area contributed by atoms with Crippen LogP contribution in [0.15, 0.2) is 58.4 Å². The molecule has 0 spiro atoms. The van der Waals surface area contributed by atoms with Crippen LogP contribution in [-0.4, -0.2) is 80.2 Å². The molecule has 0 radical (unpaired) electrons. The molecule has 264 valence electrons. The molecule has 1 aromatic rings. The van der Waals surface area contributed by atoms with Gasteiger partial charge in [-0.25, -0.2) is 9.59 Å². The number of halogens is 1. The molecule has 1 aliphatic heterocycles. The fraction of sp³-hybridized carbons (Fsp3) is 0.588. The Labute approximate surface area is 291 Å². The number of methoxy groups -OCH3 is 1. The van der Waals surface area contributed by atoms with Crippen molar-refractivity contribution in [1.29, 1.82) is 0 Å². The van der Waals surface area contributed by atoms with Crippen LogP contribution in [0.25, 0.3) is 0 Å². The number of benzene rings is 1. The van der Waals surface area contributed by atoms with Crippen LogP contribution in [0.4, 0.5) is 4.79 Å². The predicted octanol–water partition coefficient (Wildman–Crippen LogP) is 4.63. The van der Waals surface area contributed by atoms with Gasteiger partial charge in [0.2, 0.25) is 11.8 Å². The van der Waals surface area contributed by atoms with Crippen LogP contribution < -0.4 is 10.6 Å². The van der Waals surface area contributed by atoms with Crippen LogP contribution in [0.5, 0.6) is 0 Å². The van der Waals surface area contributed by atoms with Crippen molar-refractivity contribution < 1.29 is 41.3 Å². The minimum Gasteiger partial charge on any atom is -0.467 e. The van der Waals surface area contributed by atoms with E-state index >= 15 is 0 Å². The number of ether oxygens (including phenoxy) is 2. The third-order valence-electron chi connectivity index (χ3n) is 8.86. The molecule has 12 nitrogen and oxygen atoms in total. The average molecular weight is 753 g/mol. The lowest BCUT2D eigenvalue weighted by molar-refractivity contribution is -0.148. The fourth-order valence-corrected chi connectivity index (χ4v) is 7.60. The van der Waals surface area contributed by atoms with Crippen molar-refractivity contribution in [1.82, 2.24) is 15.5 Å². The van der Waals surface area contributed by atoms with E-state index in [1.165, 1.54) is 24.1 Å². The van der Waals surface area contributed by atoms with Crippen molar-refractivity contribution in [3.63, 3.8) is 0 Å². The lowest BCUT2D eigenvalue weighted by Gasteiger charge is -2.30. The number of rotatable bonds is 14. The number of alkyl carbamates (subject to hydrolysis) is 1. The highest BCUT2D eigenvalue weighted by molar-refractivity contribution is 9.10. The quantitative estimate of drug-likeness (QED) is 0.157. The molecule has 3 aliphatic rings. The van der Waals surface area contributed by atoms with Crippen LogP contribution >= 0.6 is 15.9 Å². The van der Waals surface area contributed by atoms with Gasteiger partial charge in [-0.05, 0) is 89.0 Å². The summed E-state index contributed by atoms with van der Waals surface area (Å²) in [4.78, 5) is 55.2. The van der Waals surface area contributed by atoms with E-state index in [-0.39, 0.29) is 42.0 Å². The van der Waals surface area contributed by atoms with Gasteiger partial charge in [-0.15, -0.1) is 6.58 Å². The summed E-state index contributed by atoms with van der Waals surface area (Å²) < 4.78 is 43.2. The first-order valence-corrected chi connectivity index (χ1v) is 18.4. The van der Waals surface area contributed by atoms with Gasteiger partial charge >= 0.3 is 12.1 Å². The van der Waals surface area contributed by atoms with Gasteiger partial charge in [0.05, 0.1) is 18.1 Å². The molecule has 3 amide bonds. The molecule has 2 aliphatic carbocycles. The SMILES string of the molecule is C=CC1CC1(NC(=O)C1CC(OS(=O)(=O)c2ccc(Br)cc2)CN1C(=O)C(NC(=O)OC(C)(C)C)C1CC1CCC=CCC)C(=O)OC. The lowest BCUT2D eigenvalue weighted by atomic mass is 10.1. The molecular weight excluding hydrogens is 706 g/mol. The highest BCUT2D eigenvalue weighted by atomic mass is 79.9. The van der Waals surface area contributed by atoms with Crippen molar-refractivity contribution in [3.05, 3.63) is 53.5 Å². The molecule has 48 heavy (non-hydrogen) atoms. The minimum absolute atomic E-state index is 0.0876. The third kappa shape index (κ3) is 9.06. The van der Waals surface area contributed by atoms with Gasteiger partial charge in [-0.3, -0.25) is 13.8 Å². The van der Waals surface area contributed by atoms with Crippen LogP contribution in [0.1, 0.15) is 66.2 Å². The Morgan fingerprint density at radius 2 is 1.83 bits per heavy atom. The van der Waals surface area contributed by atoms with Crippen molar-refractivity contribution in [2.45, 2.75) is 100 Å². The second kappa shape index (κ2) is 15.1. The summed E-state index contributed by atoms with van der Waals surface area (Å²) in [5, 5.41) is 5.51. The summed E-state index contributed by atoms with van der Waals surface area (Å²) in [5.74, 6) is -2.32. The largest absolute Gasteiger partial charge is 0.467 e. The normalized spacial score (nSPS) is 27.2. The standard InChI is InChI=1S/C34H46BrN3O9S/c1-7-9-10-11-12-21-17-26(21)28(36-32(42)46-33(3,4)5)30(40)38-20-24(47-48(43,44)25-15-13-23(35)14-16-25)18-27(38)29(39)37-34(31(41)45-6)19-22(34)8-2/h8-10,13-16,21-22,24,26-28H,2,7,11-12,17-20H2,1,3-6H3,(H,36,42)(H,37,39). The highest BCUT2D eigenvalue weighted by Gasteiger charge is 2.62. The molecule has 2 saturated carbocycles. The first-order chi connectivity index (χ1) is 22.5. The van der Waals surface area contributed by atoms with E-state index in [1.807, 2.05) is 6.92 Å². The molecule has 7 unspecified atom stereocenters. The topological polar surface area (TPSA) is 157 Å². The Morgan fingerprint density at radius 3 is 2.42 bits per heavy atom. The van der Waals surface area contributed by atoms with E-state index in [4.69, 9.17) is 13.7 Å². The van der Waals surface area contributed by atoms with Gasteiger partial charge in [0.15, 0.2) is 0 Å². The minimum atomic E-state index is -4.27. The Morgan fingerprint density at radius 1 is 1.15 bits per heavy atom. The maximum absolute atomic E-state index is 14.4.